The Morgan fingerprint density at radius 2 is 2.05 bits per heavy atom. The summed E-state index contributed by atoms with van der Waals surface area (Å²) in [4.78, 5) is 4.16. The maximum atomic E-state index is 11.4. The summed E-state index contributed by atoms with van der Waals surface area (Å²) in [6.45, 7) is 6.53. The molecule has 1 fully saturated rings. The van der Waals surface area contributed by atoms with Crippen LogP contribution in [0.25, 0.3) is 0 Å². The van der Waals surface area contributed by atoms with E-state index in [9.17, 15) is 8.42 Å². The Bertz CT molecular complexity index is 553. The molecule has 0 N–H and O–H groups in total. The Labute approximate surface area is 119 Å². The first kappa shape index (κ1) is 14.9. The van der Waals surface area contributed by atoms with Crippen molar-refractivity contribution in [2.24, 2.45) is 11.8 Å². The standard InChI is InChI=1S/C13H21ClN2O2S/c1-4-12-15-13(19(14,17)18)8-16(12)11-6-5-9(2)10(3)7-11/h8-11H,4-7H2,1-3H3. The van der Waals surface area contributed by atoms with E-state index in [2.05, 4.69) is 18.8 Å². The highest BCUT2D eigenvalue weighted by atomic mass is 35.7. The van der Waals surface area contributed by atoms with Gasteiger partial charge in [0.25, 0.3) is 9.05 Å². The summed E-state index contributed by atoms with van der Waals surface area (Å²) in [6, 6.07) is 0.348. The van der Waals surface area contributed by atoms with Gasteiger partial charge in [0.2, 0.25) is 0 Å². The third-order valence-corrected chi connectivity index (χ3v) is 5.49. The van der Waals surface area contributed by atoms with Crippen LogP contribution >= 0.6 is 10.7 Å². The zero-order valence-corrected chi connectivity index (χ0v) is 13.2. The third kappa shape index (κ3) is 3.14. The molecule has 1 aromatic heterocycles. The van der Waals surface area contributed by atoms with E-state index in [1.54, 1.807) is 6.20 Å². The van der Waals surface area contributed by atoms with Crippen molar-refractivity contribution in [1.29, 1.82) is 0 Å². The maximum absolute atomic E-state index is 11.4. The van der Waals surface area contributed by atoms with E-state index in [1.807, 2.05) is 11.5 Å². The number of halogens is 1. The van der Waals surface area contributed by atoms with Gasteiger partial charge in [-0.1, -0.05) is 20.8 Å². The number of hydrogen-bond donors (Lipinski definition) is 0. The van der Waals surface area contributed by atoms with Crippen LogP contribution in [0, 0.1) is 11.8 Å². The van der Waals surface area contributed by atoms with Crippen LogP contribution in [0.15, 0.2) is 11.2 Å². The van der Waals surface area contributed by atoms with Gasteiger partial charge in [0.1, 0.15) is 5.82 Å². The largest absolute Gasteiger partial charge is 0.330 e. The van der Waals surface area contributed by atoms with E-state index < -0.39 is 9.05 Å². The summed E-state index contributed by atoms with van der Waals surface area (Å²) in [7, 11) is 1.65. The molecule has 1 saturated carbocycles. The number of aryl methyl sites for hydroxylation is 1. The normalized spacial score (nSPS) is 28.5. The van der Waals surface area contributed by atoms with Gasteiger partial charge < -0.3 is 4.57 Å². The Morgan fingerprint density at radius 1 is 1.37 bits per heavy atom. The number of rotatable bonds is 3. The minimum Gasteiger partial charge on any atom is -0.330 e. The number of nitrogens with zero attached hydrogens (tertiary/aromatic N) is 2. The van der Waals surface area contributed by atoms with E-state index >= 15 is 0 Å². The zero-order chi connectivity index (χ0) is 14.2. The second-order valence-corrected chi connectivity index (χ2v) is 8.13. The van der Waals surface area contributed by atoms with Gasteiger partial charge in [-0.2, -0.15) is 0 Å². The van der Waals surface area contributed by atoms with E-state index in [0.717, 1.165) is 24.6 Å². The molecule has 1 aromatic rings. The minimum atomic E-state index is -3.74. The van der Waals surface area contributed by atoms with Gasteiger partial charge in [-0.05, 0) is 31.1 Å². The van der Waals surface area contributed by atoms with Gasteiger partial charge in [-0.25, -0.2) is 13.4 Å². The van der Waals surface area contributed by atoms with E-state index in [0.29, 0.717) is 18.4 Å². The average molecular weight is 305 g/mol. The predicted molar refractivity (Wildman–Crippen MR) is 75.9 cm³/mol. The van der Waals surface area contributed by atoms with Crippen molar-refractivity contribution in [3.05, 3.63) is 12.0 Å². The van der Waals surface area contributed by atoms with Crippen LogP contribution in [0.5, 0.6) is 0 Å². The van der Waals surface area contributed by atoms with Crippen molar-refractivity contribution < 1.29 is 8.42 Å². The van der Waals surface area contributed by atoms with Crippen molar-refractivity contribution in [2.75, 3.05) is 0 Å². The highest BCUT2D eigenvalue weighted by molar-refractivity contribution is 8.13. The van der Waals surface area contributed by atoms with Crippen molar-refractivity contribution in [3.63, 3.8) is 0 Å². The Kier molecular flexibility index (Phi) is 4.26. The lowest BCUT2D eigenvalue weighted by atomic mass is 9.79. The molecule has 2 rings (SSSR count). The molecule has 0 radical (unpaired) electrons. The molecule has 4 nitrogen and oxygen atoms in total. The lowest BCUT2D eigenvalue weighted by Crippen LogP contribution is -2.24. The van der Waals surface area contributed by atoms with Gasteiger partial charge >= 0.3 is 0 Å². The molecular weight excluding hydrogens is 284 g/mol. The molecule has 0 aromatic carbocycles. The molecule has 108 valence electrons. The van der Waals surface area contributed by atoms with Crippen LogP contribution in [0.4, 0.5) is 0 Å². The molecule has 6 heteroatoms. The monoisotopic (exact) mass is 304 g/mol. The molecule has 19 heavy (non-hydrogen) atoms. The third-order valence-electron chi connectivity index (χ3n) is 4.32. The maximum Gasteiger partial charge on any atom is 0.280 e. The van der Waals surface area contributed by atoms with Crippen molar-refractivity contribution >= 4 is 19.7 Å². The van der Waals surface area contributed by atoms with Gasteiger partial charge in [0.15, 0.2) is 5.03 Å². The molecule has 1 aliphatic rings. The van der Waals surface area contributed by atoms with Gasteiger partial charge in [0.05, 0.1) is 0 Å². The van der Waals surface area contributed by atoms with E-state index in [1.165, 1.54) is 6.42 Å². The number of imidazole rings is 1. The Hall–Kier alpha value is -0.550. The fourth-order valence-electron chi connectivity index (χ4n) is 2.87. The average Bonchev–Trinajstić information content (AvgIpc) is 2.76. The van der Waals surface area contributed by atoms with Gasteiger partial charge in [-0.3, -0.25) is 0 Å². The van der Waals surface area contributed by atoms with Gasteiger partial charge in [-0.15, -0.1) is 0 Å². The molecule has 1 heterocycles. The summed E-state index contributed by atoms with van der Waals surface area (Å²) in [5.74, 6) is 2.20. The topological polar surface area (TPSA) is 52.0 Å². The van der Waals surface area contributed by atoms with Crippen LogP contribution in [-0.4, -0.2) is 18.0 Å². The summed E-state index contributed by atoms with van der Waals surface area (Å²) in [5, 5.41) is -0.0164. The fraction of sp³-hybridized carbons (Fsp3) is 0.769. The number of hydrogen-bond acceptors (Lipinski definition) is 3. The Balaban J connectivity index is 2.32. The molecule has 1 aliphatic carbocycles. The summed E-state index contributed by atoms with van der Waals surface area (Å²) in [5.41, 5.74) is 0. The van der Waals surface area contributed by atoms with Crippen molar-refractivity contribution in [1.82, 2.24) is 9.55 Å². The fourth-order valence-corrected chi connectivity index (χ4v) is 3.55. The summed E-state index contributed by atoms with van der Waals surface area (Å²) < 4.78 is 24.8. The first-order chi connectivity index (χ1) is 8.82. The smallest absolute Gasteiger partial charge is 0.280 e. The highest BCUT2D eigenvalue weighted by Crippen LogP contribution is 2.37. The van der Waals surface area contributed by atoms with Crippen molar-refractivity contribution in [3.8, 4) is 0 Å². The van der Waals surface area contributed by atoms with Crippen LogP contribution < -0.4 is 0 Å². The summed E-state index contributed by atoms with van der Waals surface area (Å²) >= 11 is 0. The molecular formula is C13H21ClN2O2S. The molecule has 3 unspecified atom stereocenters. The predicted octanol–water partition coefficient (Wildman–Crippen LogP) is 3.37. The van der Waals surface area contributed by atoms with Crippen LogP contribution in [0.1, 0.15) is 51.9 Å². The van der Waals surface area contributed by atoms with Crippen LogP contribution in [0.2, 0.25) is 0 Å². The molecule has 0 amide bonds. The quantitative estimate of drug-likeness (QED) is 0.805. The molecule has 3 atom stereocenters. The zero-order valence-electron chi connectivity index (χ0n) is 11.6. The van der Waals surface area contributed by atoms with E-state index in [4.69, 9.17) is 10.7 Å². The first-order valence-electron chi connectivity index (χ1n) is 6.85. The lowest BCUT2D eigenvalue weighted by molar-refractivity contribution is 0.208. The highest BCUT2D eigenvalue weighted by Gasteiger charge is 2.28. The number of aromatic nitrogens is 2. The van der Waals surface area contributed by atoms with E-state index in [-0.39, 0.29) is 5.03 Å². The summed E-state index contributed by atoms with van der Waals surface area (Å²) in [6.07, 6.45) is 5.65. The first-order valence-corrected chi connectivity index (χ1v) is 9.16. The minimum absolute atomic E-state index is 0.0164. The Morgan fingerprint density at radius 3 is 2.58 bits per heavy atom. The van der Waals surface area contributed by atoms with Crippen LogP contribution in [0.3, 0.4) is 0 Å². The van der Waals surface area contributed by atoms with Crippen molar-refractivity contribution in [2.45, 2.75) is 57.5 Å². The van der Waals surface area contributed by atoms with Gasteiger partial charge in [0, 0.05) is 29.3 Å². The molecule has 0 saturated heterocycles. The second-order valence-electron chi connectivity index (χ2n) is 5.62. The lowest BCUT2D eigenvalue weighted by Gasteiger charge is -2.33. The van der Waals surface area contributed by atoms with Crippen LogP contribution in [-0.2, 0) is 15.5 Å². The second kappa shape index (κ2) is 5.44. The molecule has 0 spiro atoms. The molecule has 0 bridgehead atoms. The SMILES string of the molecule is CCc1nc(S(=O)(=O)Cl)cn1C1CCC(C)C(C)C1. The molecule has 0 aliphatic heterocycles.